The van der Waals surface area contributed by atoms with Crippen molar-refractivity contribution in [2.45, 2.75) is 6.42 Å². The lowest BCUT2D eigenvalue weighted by Crippen LogP contribution is -2.02. The number of nitrogens with zero attached hydrogens (tertiary/aromatic N) is 1. The molecule has 0 aliphatic heterocycles. The van der Waals surface area contributed by atoms with Crippen molar-refractivity contribution >= 4 is 12.2 Å². The third-order valence-corrected chi connectivity index (χ3v) is 1.59. The molecule has 0 fully saturated rings. The summed E-state index contributed by atoms with van der Waals surface area (Å²) in [6, 6.07) is 6.87. The monoisotopic (exact) mass is 179 g/mol. The molecule has 13 heavy (non-hydrogen) atoms. The predicted octanol–water partition coefficient (Wildman–Crippen LogP) is 1.12. The molecule has 0 aromatic heterocycles. The number of rotatable bonds is 3. The average molecular weight is 179 g/mol. The Labute approximate surface area is 75.1 Å². The van der Waals surface area contributed by atoms with Gasteiger partial charge >= 0.3 is 5.97 Å². The summed E-state index contributed by atoms with van der Waals surface area (Å²) in [5, 5.41) is 19.7. The lowest BCUT2D eigenvalue weighted by atomic mass is 10.1. The van der Waals surface area contributed by atoms with E-state index in [2.05, 4.69) is 5.16 Å². The number of carboxylic acid groups (broad SMARTS) is 1. The first-order chi connectivity index (χ1) is 6.24. The Bertz CT molecular complexity index is 333. The summed E-state index contributed by atoms with van der Waals surface area (Å²) in [7, 11) is 0. The molecule has 0 aliphatic carbocycles. The predicted molar refractivity (Wildman–Crippen MR) is 47.2 cm³/mol. The molecule has 1 aromatic rings. The normalized spacial score (nSPS) is 10.5. The number of hydrogen-bond donors (Lipinski definition) is 2. The molecule has 0 bridgehead atoms. The molecule has 0 atom stereocenters. The highest BCUT2D eigenvalue weighted by molar-refractivity contribution is 5.83. The number of hydrogen-bond acceptors (Lipinski definition) is 3. The number of aliphatic carboxylic acids is 1. The molecule has 0 saturated heterocycles. The van der Waals surface area contributed by atoms with Crippen LogP contribution in [-0.4, -0.2) is 22.5 Å². The highest BCUT2D eigenvalue weighted by Crippen LogP contribution is 2.06. The van der Waals surface area contributed by atoms with E-state index in [4.69, 9.17) is 10.3 Å². The Morgan fingerprint density at radius 1 is 1.46 bits per heavy atom. The van der Waals surface area contributed by atoms with Crippen molar-refractivity contribution in [2.75, 3.05) is 0 Å². The van der Waals surface area contributed by atoms with Crippen LogP contribution in [0.2, 0.25) is 0 Å². The number of benzene rings is 1. The topological polar surface area (TPSA) is 69.9 Å². The quantitative estimate of drug-likeness (QED) is 0.415. The molecule has 4 nitrogen and oxygen atoms in total. The SMILES string of the molecule is O=C(O)Cc1ccccc1/C=N/O. The Morgan fingerprint density at radius 2 is 2.15 bits per heavy atom. The number of carboxylic acids is 1. The fraction of sp³-hybridized carbons (Fsp3) is 0.111. The fourth-order valence-corrected chi connectivity index (χ4v) is 1.05. The van der Waals surface area contributed by atoms with Gasteiger partial charge in [0.15, 0.2) is 0 Å². The van der Waals surface area contributed by atoms with Crippen LogP contribution in [0.1, 0.15) is 11.1 Å². The molecule has 1 aromatic carbocycles. The second-order valence-electron chi connectivity index (χ2n) is 2.51. The van der Waals surface area contributed by atoms with E-state index in [1.807, 2.05) is 0 Å². The molecule has 0 spiro atoms. The molecule has 0 radical (unpaired) electrons. The van der Waals surface area contributed by atoms with Gasteiger partial charge in [-0.05, 0) is 11.1 Å². The van der Waals surface area contributed by atoms with Gasteiger partial charge in [0, 0.05) is 0 Å². The average Bonchev–Trinajstić information content (AvgIpc) is 2.08. The summed E-state index contributed by atoms with van der Waals surface area (Å²) >= 11 is 0. The molecule has 4 heteroatoms. The molecule has 0 heterocycles. The first-order valence-corrected chi connectivity index (χ1v) is 3.71. The molecule has 1 rings (SSSR count). The largest absolute Gasteiger partial charge is 0.481 e. The minimum absolute atomic E-state index is 0.0673. The van der Waals surface area contributed by atoms with E-state index in [1.165, 1.54) is 6.21 Å². The van der Waals surface area contributed by atoms with Gasteiger partial charge in [-0.1, -0.05) is 29.4 Å². The molecule has 0 amide bonds. The van der Waals surface area contributed by atoms with E-state index in [1.54, 1.807) is 24.3 Å². The van der Waals surface area contributed by atoms with Crippen molar-refractivity contribution in [1.82, 2.24) is 0 Å². The lowest BCUT2D eigenvalue weighted by molar-refractivity contribution is -0.136. The zero-order valence-corrected chi connectivity index (χ0v) is 6.84. The van der Waals surface area contributed by atoms with Gasteiger partial charge in [0.05, 0.1) is 12.6 Å². The third-order valence-electron chi connectivity index (χ3n) is 1.59. The molecule has 68 valence electrons. The van der Waals surface area contributed by atoms with Crippen LogP contribution in [0, 0.1) is 0 Å². The molecule has 0 saturated carbocycles. The molecular weight excluding hydrogens is 170 g/mol. The second-order valence-corrected chi connectivity index (χ2v) is 2.51. The minimum atomic E-state index is -0.904. The highest BCUT2D eigenvalue weighted by Gasteiger charge is 2.03. The number of carbonyl (C=O) groups is 1. The van der Waals surface area contributed by atoms with E-state index in [9.17, 15) is 4.79 Å². The van der Waals surface area contributed by atoms with Gasteiger partial charge in [0.2, 0.25) is 0 Å². The summed E-state index contributed by atoms with van der Waals surface area (Å²) < 4.78 is 0. The van der Waals surface area contributed by atoms with Crippen LogP contribution < -0.4 is 0 Å². The Kier molecular flexibility index (Phi) is 3.03. The van der Waals surface area contributed by atoms with E-state index < -0.39 is 5.97 Å². The van der Waals surface area contributed by atoms with Crippen LogP contribution in [0.4, 0.5) is 0 Å². The Balaban J connectivity index is 2.97. The maximum atomic E-state index is 10.4. The van der Waals surface area contributed by atoms with Gasteiger partial charge in [-0.15, -0.1) is 0 Å². The zero-order chi connectivity index (χ0) is 9.68. The van der Waals surface area contributed by atoms with Crippen molar-refractivity contribution < 1.29 is 15.1 Å². The first-order valence-electron chi connectivity index (χ1n) is 3.71. The Hall–Kier alpha value is -1.84. The first kappa shape index (κ1) is 9.25. The molecule has 2 N–H and O–H groups in total. The summed E-state index contributed by atoms with van der Waals surface area (Å²) in [5.41, 5.74) is 1.25. The standard InChI is InChI=1S/C9H9NO3/c11-9(12)5-7-3-1-2-4-8(7)6-10-13/h1-4,6,13H,5H2,(H,11,12)/b10-6+. The smallest absolute Gasteiger partial charge is 0.307 e. The van der Waals surface area contributed by atoms with Crippen LogP contribution in [-0.2, 0) is 11.2 Å². The van der Waals surface area contributed by atoms with Crippen molar-refractivity contribution in [3.63, 3.8) is 0 Å². The maximum Gasteiger partial charge on any atom is 0.307 e. The molecular formula is C9H9NO3. The maximum absolute atomic E-state index is 10.4. The lowest BCUT2D eigenvalue weighted by Gasteiger charge is -2.00. The van der Waals surface area contributed by atoms with Gasteiger partial charge in [0.1, 0.15) is 0 Å². The Morgan fingerprint density at radius 3 is 2.77 bits per heavy atom. The van der Waals surface area contributed by atoms with Crippen LogP contribution in [0.15, 0.2) is 29.4 Å². The van der Waals surface area contributed by atoms with Gasteiger partial charge in [0.25, 0.3) is 0 Å². The van der Waals surface area contributed by atoms with Gasteiger partial charge in [-0.2, -0.15) is 0 Å². The summed E-state index contributed by atoms with van der Waals surface area (Å²) in [5.74, 6) is -0.904. The van der Waals surface area contributed by atoms with Gasteiger partial charge < -0.3 is 10.3 Å². The van der Waals surface area contributed by atoms with E-state index >= 15 is 0 Å². The fourth-order valence-electron chi connectivity index (χ4n) is 1.05. The summed E-state index contributed by atoms with van der Waals surface area (Å²) in [6.07, 6.45) is 1.15. The van der Waals surface area contributed by atoms with Crippen LogP contribution in [0.5, 0.6) is 0 Å². The van der Waals surface area contributed by atoms with E-state index in [0.29, 0.717) is 11.1 Å². The van der Waals surface area contributed by atoms with Crippen LogP contribution in [0.3, 0.4) is 0 Å². The van der Waals surface area contributed by atoms with E-state index in [0.717, 1.165) is 0 Å². The van der Waals surface area contributed by atoms with Crippen molar-refractivity contribution in [2.24, 2.45) is 5.16 Å². The van der Waals surface area contributed by atoms with Crippen LogP contribution >= 0.6 is 0 Å². The van der Waals surface area contributed by atoms with Crippen molar-refractivity contribution in [1.29, 1.82) is 0 Å². The minimum Gasteiger partial charge on any atom is -0.481 e. The van der Waals surface area contributed by atoms with Gasteiger partial charge in [-0.3, -0.25) is 4.79 Å². The molecule has 0 unspecified atom stereocenters. The molecule has 0 aliphatic rings. The number of oxime groups is 1. The van der Waals surface area contributed by atoms with E-state index in [-0.39, 0.29) is 6.42 Å². The van der Waals surface area contributed by atoms with Crippen LogP contribution in [0.25, 0.3) is 0 Å². The summed E-state index contributed by atoms with van der Waals surface area (Å²) in [6.45, 7) is 0. The summed E-state index contributed by atoms with van der Waals surface area (Å²) in [4.78, 5) is 10.4. The third kappa shape index (κ3) is 2.59. The second kappa shape index (κ2) is 4.25. The van der Waals surface area contributed by atoms with Crippen molar-refractivity contribution in [3.8, 4) is 0 Å². The van der Waals surface area contributed by atoms with Crippen molar-refractivity contribution in [3.05, 3.63) is 35.4 Å². The highest BCUT2D eigenvalue weighted by atomic mass is 16.4. The zero-order valence-electron chi connectivity index (χ0n) is 6.84. The van der Waals surface area contributed by atoms with Gasteiger partial charge in [-0.25, -0.2) is 0 Å².